The van der Waals surface area contributed by atoms with Crippen molar-refractivity contribution in [1.29, 1.82) is 0 Å². The fraction of sp³-hybridized carbons (Fsp3) is 1.00. The SMILES string of the molecule is CCCCCCCCCC(N)(CCCC)CCCC.O=S(=O)(O)O. The van der Waals surface area contributed by atoms with Crippen LogP contribution in [0.2, 0.25) is 0 Å². The molecular formula is C18H41NO4S. The summed E-state index contributed by atoms with van der Waals surface area (Å²) in [6, 6.07) is 0. The molecule has 24 heavy (non-hydrogen) atoms. The summed E-state index contributed by atoms with van der Waals surface area (Å²) in [5, 5.41) is 0. The van der Waals surface area contributed by atoms with Gasteiger partial charge >= 0.3 is 10.4 Å². The fourth-order valence-corrected chi connectivity index (χ4v) is 2.87. The van der Waals surface area contributed by atoms with E-state index in [0.717, 1.165) is 0 Å². The summed E-state index contributed by atoms with van der Waals surface area (Å²) in [4.78, 5) is 0. The molecule has 0 aromatic rings. The van der Waals surface area contributed by atoms with Gasteiger partial charge in [-0.3, -0.25) is 9.11 Å². The first-order chi connectivity index (χ1) is 11.2. The summed E-state index contributed by atoms with van der Waals surface area (Å²) >= 11 is 0. The Hall–Kier alpha value is -0.170. The van der Waals surface area contributed by atoms with Gasteiger partial charge in [-0.25, -0.2) is 0 Å². The molecule has 0 amide bonds. The largest absolute Gasteiger partial charge is 0.394 e. The molecule has 0 aliphatic heterocycles. The summed E-state index contributed by atoms with van der Waals surface area (Å²) in [5.41, 5.74) is 6.78. The smallest absolute Gasteiger partial charge is 0.325 e. The molecule has 0 unspecified atom stereocenters. The average Bonchev–Trinajstić information content (AvgIpc) is 2.49. The van der Waals surface area contributed by atoms with Gasteiger partial charge in [0.05, 0.1) is 0 Å². The van der Waals surface area contributed by atoms with E-state index in [4.69, 9.17) is 23.3 Å². The second kappa shape index (κ2) is 16.3. The Morgan fingerprint density at radius 1 is 0.667 bits per heavy atom. The van der Waals surface area contributed by atoms with Crippen LogP contribution in [-0.4, -0.2) is 23.1 Å². The lowest BCUT2D eigenvalue weighted by Gasteiger charge is -2.30. The van der Waals surface area contributed by atoms with Gasteiger partial charge in [-0.15, -0.1) is 0 Å². The van der Waals surface area contributed by atoms with Crippen molar-refractivity contribution < 1.29 is 17.5 Å². The summed E-state index contributed by atoms with van der Waals surface area (Å²) < 4.78 is 31.6. The maximum atomic E-state index is 8.74. The minimum atomic E-state index is -4.67. The van der Waals surface area contributed by atoms with E-state index in [1.165, 1.54) is 89.9 Å². The highest BCUT2D eigenvalue weighted by atomic mass is 32.3. The van der Waals surface area contributed by atoms with Crippen molar-refractivity contribution in [3.8, 4) is 0 Å². The molecule has 0 rings (SSSR count). The van der Waals surface area contributed by atoms with Gasteiger partial charge in [-0.1, -0.05) is 91.4 Å². The maximum absolute atomic E-state index is 8.74. The van der Waals surface area contributed by atoms with E-state index in [1.54, 1.807) is 0 Å². The number of hydrogen-bond donors (Lipinski definition) is 3. The molecular weight excluding hydrogens is 326 g/mol. The van der Waals surface area contributed by atoms with Crippen LogP contribution in [-0.2, 0) is 10.4 Å². The predicted octanol–water partition coefficient (Wildman–Crippen LogP) is 5.55. The van der Waals surface area contributed by atoms with Crippen molar-refractivity contribution >= 4 is 10.4 Å². The van der Waals surface area contributed by atoms with E-state index in [2.05, 4.69) is 20.8 Å². The number of nitrogens with two attached hydrogens (primary N) is 1. The van der Waals surface area contributed by atoms with E-state index in [-0.39, 0.29) is 5.54 Å². The summed E-state index contributed by atoms with van der Waals surface area (Å²) in [6.45, 7) is 6.83. The molecule has 6 heteroatoms. The van der Waals surface area contributed by atoms with Crippen molar-refractivity contribution in [2.75, 3.05) is 0 Å². The molecule has 0 bridgehead atoms. The van der Waals surface area contributed by atoms with Crippen LogP contribution in [0.1, 0.15) is 111 Å². The predicted molar refractivity (Wildman–Crippen MR) is 103 cm³/mol. The van der Waals surface area contributed by atoms with Gasteiger partial charge in [-0.05, 0) is 19.3 Å². The summed E-state index contributed by atoms with van der Waals surface area (Å²) in [7, 11) is -4.67. The monoisotopic (exact) mass is 367 g/mol. The van der Waals surface area contributed by atoms with E-state index in [1.807, 2.05) is 0 Å². The Bertz CT molecular complexity index is 342. The van der Waals surface area contributed by atoms with Crippen LogP contribution in [0.25, 0.3) is 0 Å². The molecule has 0 fully saturated rings. The lowest BCUT2D eigenvalue weighted by molar-refractivity contribution is 0.309. The lowest BCUT2D eigenvalue weighted by Crippen LogP contribution is -2.39. The molecule has 0 spiro atoms. The Balaban J connectivity index is 0. The van der Waals surface area contributed by atoms with Crippen molar-refractivity contribution in [3.05, 3.63) is 0 Å². The molecule has 0 atom stereocenters. The first kappa shape index (κ1) is 26.1. The Morgan fingerprint density at radius 3 is 1.33 bits per heavy atom. The normalized spacial score (nSPS) is 11.9. The standard InChI is InChI=1S/C18H39N.H2O4S/c1-4-7-10-11-12-13-14-17-18(19,15-8-5-2)16-9-6-3;1-5(2,3)4/h4-17,19H2,1-3H3;(H2,1,2,3,4). The van der Waals surface area contributed by atoms with Crippen LogP contribution in [0.3, 0.4) is 0 Å². The average molecular weight is 368 g/mol. The maximum Gasteiger partial charge on any atom is 0.394 e. The van der Waals surface area contributed by atoms with E-state index >= 15 is 0 Å². The molecule has 0 aromatic heterocycles. The van der Waals surface area contributed by atoms with Gasteiger partial charge in [0.25, 0.3) is 0 Å². The fourth-order valence-electron chi connectivity index (χ4n) is 2.87. The zero-order valence-corrected chi connectivity index (χ0v) is 16.9. The molecule has 0 aliphatic rings. The second-order valence-electron chi connectivity index (χ2n) is 6.89. The van der Waals surface area contributed by atoms with Crippen molar-refractivity contribution in [2.24, 2.45) is 5.73 Å². The Labute approximate surface area is 150 Å². The molecule has 0 saturated carbocycles. The minimum Gasteiger partial charge on any atom is -0.325 e. The van der Waals surface area contributed by atoms with Crippen LogP contribution >= 0.6 is 0 Å². The third-order valence-corrected chi connectivity index (χ3v) is 4.33. The molecule has 0 aromatic carbocycles. The molecule has 0 saturated heterocycles. The quantitative estimate of drug-likeness (QED) is 0.276. The van der Waals surface area contributed by atoms with Crippen LogP contribution in [0, 0.1) is 0 Å². The Morgan fingerprint density at radius 2 is 0.958 bits per heavy atom. The first-order valence-electron chi connectivity index (χ1n) is 9.67. The Kier molecular flexibility index (Phi) is 17.7. The number of rotatable bonds is 14. The van der Waals surface area contributed by atoms with Gasteiger partial charge in [-0.2, -0.15) is 8.42 Å². The third-order valence-electron chi connectivity index (χ3n) is 4.33. The summed E-state index contributed by atoms with van der Waals surface area (Å²) in [5.74, 6) is 0. The van der Waals surface area contributed by atoms with E-state index < -0.39 is 10.4 Å². The van der Waals surface area contributed by atoms with Gasteiger partial charge in [0, 0.05) is 5.54 Å². The van der Waals surface area contributed by atoms with Crippen molar-refractivity contribution in [3.63, 3.8) is 0 Å². The zero-order chi connectivity index (χ0) is 18.9. The van der Waals surface area contributed by atoms with Crippen LogP contribution in [0.15, 0.2) is 0 Å². The summed E-state index contributed by atoms with van der Waals surface area (Å²) in [6.07, 6.45) is 18.6. The van der Waals surface area contributed by atoms with E-state index in [9.17, 15) is 0 Å². The highest BCUT2D eigenvalue weighted by Gasteiger charge is 2.22. The highest BCUT2D eigenvalue weighted by molar-refractivity contribution is 7.79. The number of hydrogen-bond acceptors (Lipinski definition) is 3. The van der Waals surface area contributed by atoms with Crippen LogP contribution < -0.4 is 5.73 Å². The molecule has 148 valence electrons. The molecule has 0 heterocycles. The van der Waals surface area contributed by atoms with Crippen molar-refractivity contribution in [1.82, 2.24) is 0 Å². The molecule has 0 radical (unpaired) electrons. The topological polar surface area (TPSA) is 101 Å². The molecule has 4 N–H and O–H groups in total. The number of unbranched alkanes of at least 4 members (excludes halogenated alkanes) is 8. The van der Waals surface area contributed by atoms with E-state index in [0.29, 0.717) is 0 Å². The van der Waals surface area contributed by atoms with Gasteiger partial charge in [0.1, 0.15) is 0 Å². The zero-order valence-electron chi connectivity index (χ0n) is 16.1. The minimum absolute atomic E-state index is 0.148. The van der Waals surface area contributed by atoms with Gasteiger partial charge in [0.2, 0.25) is 0 Å². The third kappa shape index (κ3) is 24.1. The van der Waals surface area contributed by atoms with Crippen LogP contribution in [0.5, 0.6) is 0 Å². The highest BCUT2D eigenvalue weighted by Crippen LogP contribution is 2.25. The first-order valence-corrected chi connectivity index (χ1v) is 11.1. The lowest BCUT2D eigenvalue weighted by atomic mass is 9.83. The second-order valence-corrected chi connectivity index (χ2v) is 7.78. The van der Waals surface area contributed by atoms with Crippen LogP contribution in [0.4, 0.5) is 0 Å². The van der Waals surface area contributed by atoms with Gasteiger partial charge < -0.3 is 5.73 Å². The molecule has 5 nitrogen and oxygen atoms in total. The molecule has 0 aliphatic carbocycles. The van der Waals surface area contributed by atoms with Gasteiger partial charge in [0.15, 0.2) is 0 Å². The van der Waals surface area contributed by atoms with Crippen molar-refractivity contribution in [2.45, 2.75) is 116 Å².